The summed E-state index contributed by atoms with van der Waals surface area (Å²) in [6.45, 7) is 0.449. The van der Waals surface area contributed by atoms with E-state index < -0.39 is 0 Å². The number of phenolic OH excluding ortho intramolecular Hbond substituents is 1. The van der Waals surface area contributed by atoms with Crippen LogP contribution < -0.4 is 5.32 Å². The van der Waals surface area contributed by atoms with Gasteiger partial charge in [-0.05, 0) is 58.5 Å². The van der Waals surface area contributed by atoms with E-state index in [1.807, 2.05) is 46.9 Å². The minimum atomic E-state index is -0.202. The van der Waals surface area contributed by atoms with Crippen LogP contribution in [0.5, 0.6) is 5.75 Å². The van der Waals surface area contributed by atoms with Gasteiger partial charge in [0.2, 0.25) is 0 Å². The van der Waals surface area contributed by atoms with Gasteiger partial charge in [0, 0.05) is 16.6 Å². The van der Waals surface area contributed by atoms with E-state index in [1.54, 1.807) is 12.1 Å². The number of aromatic hydroxyl groups is 1. The molecule has 98 valence electrons. The van der Waals surface area contributed by atoms with Crippen LogP contribution in [0.15, 0.2) is 46.9 Å². The van der Waals surface area contributed by atoms with Crippen molar-refractivity contribution in [2.75, 3.05) is 0 Å². The number of hydrogen-bond acceptors (Lipinski definition) is 2. The number of carbonyl (C=O) groups excluding carboxylic acids is 1. The van der Waals surface area contributed by atoms with Crippen molar-refractivity contribution in [3.8, 4) is 5.75 Å². The molecule has 1 amide bonds. The molecule has 2 rings (SSSR count). The second-order valence-corrected chi connectivity index (χ2v) is 6.06. The van der Waals surface area contributed by atoms with Gasteiger partial charge in [0.1, 0.15) is 5.75 Å². The minimum Gasteiger partial charge on any atom is -0.507 e. The van der Waals surface area contributed by atoms with Crippen molar-refractivity contribution in [3.63, 3.8) is 0 Å². The first-order chi connectivity index (χ1) is 9.06. The van der Waals surface area contributed by atoms with E-state index in [4.69, 9.17) is 0 Å². The van der Waals surface area contributed by atoms with Gasteiger partial charge >= 0.3 is 0 Å². The summed E-state index contributed by atoms with van der Waals surface area (Å²) >= 11 is 5.40. The Labute approximate surface area is 133 Å². The monoisotopic (exact) mass is 431 g/mol. The SMILES string of the molecule is O=C(NCc1cccc(Br)c1)c1ccc(I)c(O)c1. The van der Waals surface area contributed by atoms with Crippen LogP contribution in [0.3, 0.4) is 0 Å². The van der Waals surface area contributed by atoms with E-state index in [9.17, 15) is 9.90 Å². The lowest BCUT2D eigenvalue weighted by Crippen LogP contribution is -2.22. The Morgan fingerprint density at radius 2 is 2.05 bits per heavy atom. The number of halogens is 2. The molecule has 3 nitrogen and oxygen atoms in total. The molecule has 0 heterocycles. The van der Waals surface area contributed by atoms with E-state index in [-0.39, 0.29) is 11.7 Å². The largest absolute Gasteiger partial charge is 0.507 e. The summed E-state index contributed by atoms with van der Waals surface area (Å²) in [6, 6.07) is 12.6. The Kier molecular flexibility index (Phi) is 4.81. The van der Waals surface area contributed by atoms with Gasteiger partial charge < -0.3 is 10.4 Å². The lowest BCUT2D eigenvalue weighted by molar-refractivity contribution is 0.0950. The Morgan fingerprint density at radius 1 is 1.26 bits per heavy atom. The van der Waals surface area contributed by atoms with Gasteiger partial charge in [0.15, 0.2) is 0 Å². The summed E-state index contributed by atoms with van der Waals surface area (Å²) in [5.41, 5.74) is 1.46. The molecule has 0 aliphatic rings. The normalized spacial score (nSPS) is 10.2. The molecular formula is C14H11BrINO2. The average molecular weight is 432 g/mol. The van der Waals surface area contributed by atoms with Crippen molar-refractivity contribution in [2.24, 2.45) is 0 Å². The van der Waals surface area contributed by atoms with Gasteiger partial charge in [-0.2, -0.15) is 0 Å². The Morgan fingerprint density at radius 3 is 2.74 bits per heavy atom. The van der Waals surface area contributed by atoms with E-state index in [2.05, 4.69) is 21.2 Å². The van der Waals surface area contributed by atoms with Crippen LogP contribution in [-0.2, 0) is 6.54 Å². The lowest BCUT2D eigenvalue weighted by Gasteiger charge is -2.07. The second kappa shape index (κ2) is 6.38. The highest BCUT2D eigenvalue weighted by Crippen LogP contribution is 2.20. The first kappa shape index (κ1) is 14.3. The number of rotatable bonds is 3. The molecule has 2 aromatic carbocycles. The molecule has 0 aromatic heterocycles. The van der Waals surface area contributed by atoms with Gasteiger partial charge in [-0.25, -0.2) is 0 Å². The molecule has 2 aromatic rings. The van der Waals surface area contributed by atoms with Gasteiger partial charge in [-0.15, -0.1) is 0 Å². The highest BCUT2D eigenvalue weighted by Gasteiger charge is 2.07. The molecule has 0 spiro atoms. The molecule has 0 saturated heterocycles. The number of nitrogens with one attached hydrogen (secondary N) is 1. The Hall–Kier alpha value is -1.08. The molecule has 0 fully saturated rings. The van der Waals surface area contributed by atoms with Crippen molar-refractivity contribution in [1.29, 1.82) is 0 Å². The van der Waals surface area contributed by atoms with Gasteiger partial charge in [-0.3, -0.25) is 4.79 Å². The predicted octanol–water partition coefficient (Wildman–Crippen LogP) is 3.69. The second-order valence-electron chi connectivity index (χ2n) is 3.98. The topological polar surface area (TPSA) is 49.3 Å². The highest BCUT2D eigenvalue weighted by atomic mass is 127. The number of carbonyl (C=O) groups is 1. The molecule has 0 atom stereocenters. The minimum absolute atomic E-state index is 0.121. The van der Waals surface area contributed by atoms with Gasteiger partial charge in [-0.1, -0.05) is 28.1 Å². The van der Waals surface area contributed by atoms with E-state index >= 15 is 0 Å². The molecule has 0 radical (unpaired) electrons. The first-order valence-electron chi connectivity index (χ1n) is 5.57. The van der Waals surface area contributed by atoms with Crippen molar-refractivity contribution < 1.29 is 9.90 Å². The number of benzene rings is 2. The molecule has 2 N–H and O–H groups in total. The summed E-state index contributed by atoms with van der Waals surface area (Å²) in [7, 11) is 0. The molecule has 0 unspecified atom stereocenters. The number of amides is 1. The molecule has 0 aliphatic carbocycles. The summed E-state index contributed by atoms with van der Waals surface area (Å²) < 4.78 is 1.70. The van der Waals surface area contributed by atoms with Crippen LogP contribution in [0.4, 0.5) is 0 Å². The van der Waals surface area contributed by atoms with Gasteiger partial charge in [0.05, 0.1) is 3.57 Å². The van der Waals surface area contributed by atoms with Crippen LogP contribution in [0.2, 0.25) is 0 Å². The van der Waals surface area contributed by atoms with Gasteiger partial charge in [0.25, 0.3) is 5.91 Å². The van der Waals surface area contributed by atoms with Crippen LogP contribution >= 0.6 is 38.5 Å². The lowest BCUT2D eigenvalue weighted by atomic mass is 10.2. The zero-order chi connectivity index (χ0) is 13.8. The zero-order valence-corrected chi connectivity index (χ0v) is 13.6. The Balaban J connectivity index is 2.03. The molecule has 5 heteroatoms. The molecule has 19 heavy (non-hydrogen) atoms. The van der Waals surface area contributed by atoms with Crippen molar-refractivity contribution in [1.82, 2.24) is 5.32 Å². The maximum absolute atomic E-state index is 11.9. The molecular weight excluding hydrogens is 421 g/mol. The fraction of sp³-hybridized carbons (Fsp3) is 0.0714. The quantitative estimate of drug-likeness (QED) is 0.728. The molecule has 0 aliphatic heterocycles. The molecule has 0 bridgehead atoms. The highest BCUT2D eigenvalue weighted by molar-refractivity contribution is 14.1. The summed E-state index contributed by atoms with van der Waals surface area (Å²) in [6.07, 6.45) is 0. The first-order valence-corrected chi connectivity index (χ1v) is 7.44. The third-order valence-electron chi connectivity index (χ3n) is 2.55. The summed E-state index contributed by atoms with van der Waals surface area (Å²) in [4.78, 5) is 11.9. The standard InChI is InChI=1S/C14H11BrINO2/c15-11-3-1-2-9(6-11)8-17-14(19)10-4-5-12(16)13(18)7-10/h1-7,18H,8H2,(H,17,19). The van der Waals surface area contributed by atoms with Crippen molar-refractivity contribution >= 4 is 44.4 Å². The summed E-state index contributed by atoms with van der Waals surface area (Å²) in [5.74, 6) is -0.0811. The zero-order valence-electron chi connectivity index (χ0n) is 9.86. The summed E-state index contributed by atoms with van der Waals surface area (Å²) in [5, 5.41) is 12.4. The molecule has 0 saturated carbocycles. The smallest absolute Gasteiger partial charge is 0.251 e. The van der Waals surface area contributed by atoms with E-state index in [0.717, 1.165) is 13.6 Å². The van der Waals surface area contributed by atoms with Crippen molar-refractivity contribution in [3.05, 3.63) is 61.6 Å². The fourth-order valence-corrected chi connectivity index (χ4v) is 2.37. The van der Waals surface area contributed by atoms with E-state index in [1.165, 1.54) is 6.07 Å². The number of hydrogen-bond donors (Lipinski definition) is 2. The van der Waals surface area contributed by atoms with Crippen LogP contribution in [0.25, 0.3) is 0 Å². The third kappa shape index (κ3) is 3.94. The van der Waals surface area contributed by atoms with Crippen molar-refractivity contribution in [2.45, 2.75) is 6.54 Å². The van der Waals surface area contributed by atoms with E-state index in [0.29, 0.717) is 12.1 Å². The predicted molar refractivity (Wildman–Crippen MR) is 86.1 cm³/mol. The maximum Gasteiger partial charge on any atom is 0.251 e. The fourth-order valence-electron chi connectivity index (χ4n) is 1.59. The average Bonchev–Trinajstić information content (AvgIpc) is 2.39. The number of phenols is 1. The van der Waals surface area contributed by atoms with Crippen LogP contribution in [-0.4, -0.2) is 11.0 Å². The van der Waals surface area contributed by atoms with Crippen LogP contribution in [0.1, 0.15) is 15.9 Å². The Bertz CT molecular complexity index is 616. The maximum atomic E-state index is 11.9. The van der Waals surface area contributed by atoms with Crippen LogP contribution in [0, 0.1) is 3.57 Å². The third-order valence-corrected chi connectivity index (χ3v) is 3.96.